The van der Waals surface area contributed by atoms with Gasteiger partial charge in [-0.1, -0.05) is 0 Å². The number of anilines is 2. The first-order chi connectivity index (χ1) is 13.3. The summed E-state index contributed by atoms with van der Waals surface area (Å²) < 4.78 is 26.6. The maximum Gasteiger partial charge on any atom is 0.251 e. The van der Waals surface area contributed by atoms with Gasteiger partial charge in [-0.05, 0) is 44.7 Å². The number of benzene rings is 1. The molecule has 3 rings (SSSR count). The van der Waals surface area contributed by atoms with E-state index in [0.717, 1.165) is 55.5 Å². The second-order valence-corrected chi connectivity index (χ2v) is 7.38. The molecule has 1 fully saturated rings. The highest BCUT2D eigenvalue weighted by atomic mass is 19.1. The Morgan fingerprint density at radius 3 is 2.21 bits per heavy atom. The summed E-state index contributed by atoms with van der Waals surface area (Å²) in [5, 5.41) is 6.32. The molecule has 1 heterocycles. The minimum atomic E-state index is -0.754. The standard InChI is InChI=1S/C20H25F2N5O/c1-12-23-18(11-19(24-12)27(2)3)25-16-4-6-17(7-5-16)26-20(28)13-8-14(21)10-15(22)9-13/h8-11,16-17H,4-7H2,1-3H3,(H,26,28)(H,23,24,25). The second-order valence-electron chi connectivity index (χ2n) is 7.38. The van der Waals surface area contributed by atoms with E-state index < -0.39 is 17.5 Å². The highest BCUT2D eigenvalue weighted by molar-refractivity contribution is 5.94. The molecule has 0 saturated heterocycles. The van der Waals surface area contributed by atoms with Crippen LogP contribution in [0.15, 0.2) is 24.3 Å². The molecule has 0 radical (unpaired) electrons. The minimum Gasteiger partial charge on any atom is -0.367 e. The van der Waals surface area contributed by atoms with E-state index >= 15 is 0 Å². The number of amides is 1. The Morgan fingerprint density at radius 2 is 1.61 bits per heavy atom. The monoisotopic (exact) mass is 389 g/mol. The van der Waals surface area contributed by atoms with E-state index in [1.54, 1.807) is 0 Å². The van der Waals surface area contributed by atoms with Crippen LogP contribution in [0, 0.1) is 18.6 Å². The van der Waals surface area contributed by atoms with Crippen molar-refractivity contribution in [2.24, 2.45) is 0 Å². The third-order valence-electron chi connectivity index (χ3n) is 4.82. The van der Waals surface area contributed by atoms with Crippen LogP contribution in [0.2, 0.25) is 0 Å². The molecule has 150 valence electrons. The molecule has 1 saturated carbocycles. The lowest BCUT2D eigenvalue weighted by Crippen LogP contribution is -2.40. The average Bonchev–Trinajstić information content (AvgIpc) is 2.62. The zero-order valence-corrected chi connectivity index (χ0v) is 16.3. The molecule has 2 N–H and O–H groups in total. The van der Waals surface area contributed by atoms with Crippen LogP contribution in [-0.4, -0.2) is 42.1 Å². The first kappa shape index (κ1) is 20.0. The summed E-state index contributed by atoms with van der Waals surface area (Å²) >= 11 is 0. The SMILES string of the molecule is Cc1nc(NC2CCC(NC(=O)c3cc(F)cc(F)c3)CC2)cc(N(C)C)n1. The summed E-state index contributed by atoms with van der Waals surface area (Å²) in [7, 11) is 3.87. The van der Waals surface area contributed by atoms with Crippen molar-refractivity contribution in [3.63, 3.8) is 0 Å². The largest absolute Gasteiger partial charge is 0.367 e. The van der Waals surface area contributed by atoms with Crippen LogP contribution < -0.4 is 15.5 Å². The number of nitrogens with one attached hydrogen (secondary N) is 2. The summed E-state index contributed by atoms with van der Waals surface area (Å²) in [5.74, 6) is 0.386. The molecule has 1 aliphatic rings. The second kappa shape index (κ2) is 8.50. The molecule has 1 aromatic heterocycles. The molecule has 6 nitrogen and oxygen atoms in total. The Labute approximate surface area is 163 Å². The van der Waals surface area contributed by atoms with Gasteiger partial charge < -0.3 is 15.5 Å². The van der Waals surface area contributed by atoms with Crippen LogP contribution in [0.5, 0.6) is 0 Å². The number of rotatable bonds is 5. The van der Waals surface area contributed by atoms with Crippen molar-refractivity contribution >= 4 is 17.5 Å². The Kier molecular flexibility index (Phi) is 6.06. The molecule has 0 atom stereocenters. The molecular formula is C20H25F2N5O. The number of halogens is 2. The van der Waals surface area contributed by atoms with Crippen LogP contribution in [0.1, 0.15) is 41.9 Å². The van der Waals surface area contributed by atoms with Crippen LogP contribution in [0.25, 0.3) is 0 Å². The molecule has 0 aliphatic heterocycles. The third kappa shape index (κ3) is 5.15. The average molecular weight is 389 g/mol. The van der Waals surface area contributed by atoms with Crippen molar-refractivity contribution in [2.45, 2.75) is 44.7 Å². The summed E-state index contributed by atoms with van der Waals surface area (Å²) in [6.07, 6.45) is 3.29. The quantitative estimate of drug-likeness (QED) is 0.821. The molecule has 1 aliphatic carbocycles. The van der Waals surface area contributed by atoms with Crippen molar-refractivity contribution in [1.29, 1.82) is 0 Å². The number of aryl methyl sites for hydroxylation is 1. The summed E-state index contributed by atoms with van der Waals surface area (Å²) in [6, 6.07) is 5.01. The van der Waals surface area contributed by atoms with E-state index in [0.29, 0.717) is 5.82 Å². The first-order valence-corrected chi connectivity index (χ1v) is 9.36. The zero-order chi connectivity index (χ0) is 20.3. The van der Waals surface area contributed by atoms with E-state index in [2.05, 4.69) is 20.6 Å². The summed E-state index contributed by atoms with van der Waals surface area (Å²) in [6.45, 7) is 1.86. The molecule has 8 heteroatoms. The zero-order valence-electron chi connectivity index (χ0n) is 16.3. The summed E-state index contributed by atoms with van der Waals surface area (Å²) in [4.78, 5) is 23.0. The minimum absolute atomic E-state index is 0.00502. The van der Waals surface area contributed by atoms with Gasteiger partial charge in [-0.15, -0.1) is 0 Å². The number of hydrogen-bond donors (Lipinski definition) is 2. The predicted octanol–water partition coefficient (Wildman–Crippen LogP) is 3.28. The molecule has 2 aromatic rings. The van der Waals surface area contributed by atoms with E-state index in [9.17, 15) is 13.6 Å². The van der Waals surface area contributed by atoms with Gasteiger partial charge in [0.2, 0.25) is 0 Å². The van der Waals surface area contributed by atoms with Gasteiger partial charge in [-0.25, -0.2) is 18.7 Å². The van der Waals surface area contributed by atoms with E-state index in [1.165, 1.54) is 0 Å². The molecule has 0 spiro atoms. The molecule has 1 amide bonds. The Bertz CT molecular complexity index is 830. The lowest BCUT2D eigenvalue weighted by Gasteiger charge is -2.30. The van der Waals surface area contributed by atoms with Crippen LogP contribution in [0.3, 0.4) is 0 Å². The van der Waals surface area contributed by atoms with Crippen molar-refractivity contribution in [1.82, 2.24) is 15.3 Å². The number of carbonyl (C=O) groups excluding carboxylic acids is 1. The smallest absolute Gasteiger partial charge is 0.251 e. The van der Waals surface area contributed by atoms with E-state index in [4.69, 9.17) is 0 Å². The maximum absolute atomic E-state index is 13.3. The third-order valence-corrected chi connectivity index (χ3v) is 4.82. The van der Waals surface area contributed by atoms with Gasteiger partial charge in [-0.3, -0.25) is 4.79 Å². The van der Waals surface area contributed by atoms with Crippen LogP contribution in [0.4, 0.5) is 20.4 Å². The van der Waals surface area contributed by atoms with Gasteiger partial charge in [0.25, 0.3) is 5.91 Å². The Hall–Kier alpha value is -2.77. The normalized spacial score (nSPS) is 19.2. The highest BCUT2D eigenvalue weighted by Gasteiger charge is 2.23. The van der Waals surface area contributed by atoms with Gasteiger partial charge in [0, 0.05) is 43.9 Å². The number of hydrogen-bond acceptors (Lipinski definition) is 5. The lowest BCUT2D eigenvalue weighted by atomic mass is 9.91. The fourth-order valence-corrected chi connectivity index (χ4v) is 3.40. The number of aromatic nitrogens is 2. The van der Waals surface area contributed by atoms with Crippen molar-refractivity contribution < 1.29 is 13.6 Å². The Morgan fingerprint density at radius 1 is 1.00 bits per heavy atom. The number of carbonyl (C=O) groups is 1. The van der Waals surface area contributed by atoms with Gasteiger partial charge >= 0.3 is 0 Å². The fourth-order valence-electron chi connectivity index (χ4n) is 3.40. The van der Waals surface area contributed by atoms with Crippen molar-refractivity contribution in [3.05, 3.63) is 47.3 Å². The van der Waals surface area contributed by atoms with E-state index in [1.807, 2.05) is 32.0 Å². The number of nitrogens with zero attached hydrogens (tertiary/aromatic N) is 3. The molecule has 1 aromatic carbocycles. The van der Waals surface area contributed by atoms with Crippen molar-refractivity contribution in [2.75, 3.05) is 24.3 Å². The first-order valence-electron chi connectivity index (χ1n) is 9.36. The predicted molar refractivity (Wildman–Crippen MR) is 105 cm³/mol. The summed E-state index contributed by atoms with van der Waals surface area (Å²) in [5.41, 5.74) is 0.00502. The molecule has 0 bridgehead atoms. The molecular weight excluding hydrogens is 364 g/mol. The maximum atomic E-state index is 13.3. The van der Waals surface area contributed by atoms with Gasteiger partial charge in [0.05, 0.1) is 0 Å². The molecule has 0 unspecified atom stereocenters. The Balaban J connectivity index is 1.54. The van der Waals surface area contributed by atoms with Gasteiger partial charge in [-0.2, -0.15) is 0 Å². The van der Waals surface area contributed by atoms with Crippen LogP contribution >= 0.6 is 0 Å². The lowest BCUT2D eigenvalue weighted by molar-refractivity contribution is 0.0925. The van der Waals surface area contributed by atoms with E-state index in [-0.39, 0.29) is 17.6 Å². The van der Waals surface area contributed by atoms with Crippen molar-refractivity contribution in [3.8, 4) is 0 Å². The van der Waals surface area contributed by atoms with Crippen LogP contribution in [-0.2, 0) is 0 Å². The van der Waals surface area contributed by atoms with Gasteiger partial charge in [0.15, 0.2) is 0 Å². The van der Waals surface area contributed by atoms with Gasteiger partial charge in [0.1, 0.15) is 29.1 Å². The molecule has 28 heavy (non-hydrogen) atoms. The fraction of sp³-hybridized carbons (Fsp3) is 0.450. The highest BCUT2D eigenvalue weighted by Crippen LogP contribution is 2.23. The topological polar surface area (TPSA) is 70.2 Å².